The summed E-state index contributed by atoms with van der Waals surface area (Å²) >= 11 is -2.06. The third-order valence-corrected chi connectivity index (χ3v) is 2.33. The number of carbonyl (C=O) groups is 1. The Labute approximate surface area is 63.0 Å². The van der Waals surface area contributed by atoms with Gasteiger partial charge in [0.05, 0.1) is 0 Å². The van der Waals surface area contributed by atoms with Crippen LogP contribution in [0, 0.1) is 10.1 Å². The molecule has 0 rings (SSSR count). The van der Waals surface area contributed by atoms with Crippen LogP contribution in [0.5, 0.6) is 0 Å². The molecule has 0 amide bonds. The van der Waals surface area contributed by atoms with Crippen LogP contribution in [0.4, 0.5) is 0 Å². The van der Waals surface area contributed by atoms with Crippen LogP contribution in [-0.4, -0.2) is 35.2 Å². The van der Waals surface area contributed by atoms with E-state index in [9.17, 15) is 14.9 Å². The van der Waals surface area contributed by atoms with E-state index in [2.05, 4.69) is 5.73 Å². The van der Waals surface area contributed by atoms with Crippen LogP contribution in [-0.2, 0) is 10.5 Å². The summed E-state index contributed by atoms with van der Waals surface area (Å²) < 4.78 is 8.04. The van der Waals surface area contributed by atoms with E-state index in [-0.39, 0.29) is 0 Å². The van der Waals surface area contributed by atoms with Gasteiger partial charge in [0, 0.05) is 0 Å². The van der Waals surface area contributed by atoms with Crippen LogP contribution in [0.1, 0.15) is 6.92 Å². The van der Waals surface area contributed by atoms with Crippen molar-refractivity contribution in [3.63, 3.8) is 0 Å². The molecule has 0 saturated heterocycles. The Balaban J connectivity index is 3.10. The Kier molecular flexibility index (Phi) is 4.21. The zero-order valence-electron chi connectivity index (χ0n) is 4.44. The molecule has 0 aromatic carbocycles. The molecule has 0 heterocycles. The molecule has 0 atom stereocenters. The molecule has 7 heteroatoms. The minimum absolute atomic E-state index is 0.534. The zero-order chi connectivity index (χ0) is 7.28. The third-order valence-electron chi connectivity index (χ3n) is 0.266. The topological polar surface area (TPSA) is 78.7 Å². The van der Waals surface area contributed by atoms with Crippen molar-refractivity contribution in [3.8, 4) is 0 Å². The standard InChI is InChI=1S/C2H4O2.Bi.NO3/c1-2(3)4;;2-1(3)4/h1H3,(H,3,4);;/q;+2;-1/p-1. The molecular formula is C2H3BiNO5. The van der Waals surface area contributed by atoms with E-state index >= 15 is 0 Å². The van der Waals surface area contributed by atoms with Crippen molar-refractivity contribution in [3.05, 3.63) is 10.1 Å². The second-order valence-corrected chi connectivity index (χ2v) is 2.89. The van der Waals surface area contributed by atoms with Gasteiger partial charge in [0.25, 0.3) is 0 Å². The number of hydrogen-bond acceptors (Lipinski definition) is 5. The Bertz CT molecular complexity index is 110. The summed E-state index contributed by atoms with van der Waals surface area (Å²) in [5.74, 6) is -0.534. The maximum absolute atomic E-state index is 9.95. The van der Waals surface area contributed by atoms with Gasteiger partial charge in [-0.05, 0) is 0 Å². The Hall–Kier alpha value is -0.447. The maximum atomic E-state index is 9.95. The summed E-state index contributed by atoms with van der Waals surface area (Å²) in [6, 6.07) is 0. The molecule has 0 aliphatic carbocycles. The van der Waals surface area contributed by atoms with E-state index in [1.807, 2.05) is 0 Å². The molecule has 0 saturated carbocycles. The fourth-order valence-corrected chi connectivity index (χ4v) is 0.846. The van der Waals surface area contributed by atoms with E-state index in [0.29, 0.717) is 0 Å². The van der Waals surface area contributed by atoms with Crippen molar-refractivity contribution in [2.75, 3.05) is 0 Å². The van der Waals surface area contributed by atoms with Gasteiger partial charge in [-0.2, -0.15) is 0 Å². The first kappa shape index (κ1) is 8.55. The number of hydrogen-bond donors (Lipinski definition) is 0. The average molecular weight is 330 g/mol. The molecule has 9 heavy (non-hydrogen) atoms. The van der Waals surface area contributed by atoms with Crippen LogP contribution < -0.4 is 0 Å². The van der Waals surface area contributed by atoms with Crippen LogP contribution in [0.25, 0.3) is 0 Å². The van der Waals surface area contributed by atoms with E-state index < -0.39 is 35.2 Å². The van der Waals surface area contributed by atoms with Crippen molar-refractivity contribution in [1.82, 2.24) is 0 Å². The monoisotopic (exact) mass is 330 g/mol. The van der Waals surface area contributed by atoms with Crippen molar-refractivity contribution in [2.45, 2.75) is 6.92 Å². The molecule has 0 fully saturated rings. The van der Waals surface area contributed by atoms with Gasteiger partial charge < -0.3 is 0 Å². The first-order chi connectivity index (χ1) is 4.13. The molecule has 0 N–H and O–H groups in total. The fourth-order valence-electron chi connectivity index (χ4n) is 0.0964. The zero-order valence-corrected chi connectivity index (χ0v) is 7.91. The van der Waals surface area contributed by atoms with Gasteiger partial charge in [0.2, 0.25) is 0 Å². The SMILES string of the molecule is CC(=O)[O][Bi][O][N+](=O)[O-]. The predicted molar refractivity (Wildman–Crippen MR) is 25.6 cm³/mol. The summed E-state index contributed by atoms with van der Waals surface area (Å²) in [5.41, 5.74) is 0. The summed E-state index contributed by atoms with van der Waals surface area (Å²) in [7, 11) is 0. The number of nitrogens with zero attached hydrogens (tertiary/aromatic N) is 1. The molecule has 0 aromatic heterocycles. The summed E-state index contributed by atoms with van der Waals surface area (Å²) in [4.78, 5) is 19.4. The van der Waals surface area contributed by atoms with Crippen molar-refractivity contribution < 1.29 is 15.6 Å². The summed E-state index contributed by atoms with van der Waals surface area (Å²) in [6.07, 6.45) is 0. The van der Waals surface area contributed by atoms with Gasteiger partial charge >= 0.3 is 62.7 Å². The van der Waals surface area contributed by atoms with Crippen molar-refractivity contribution in [1.29, 1.82) is 0 Å². The minimum atomic E-state index is -2.06. The molecule has 1 radical (unpaired) electrons. The Morgan fingerprint density at radius 1 is 1.78 bits per heavy atom. The normalized spacial score (nSPS) is 8.11. The van der Waals surface area contributed by atoms with E-state index in [4.69, 9.17) is 0 Å². The molecule has 0 aromatic rings. The van der Waals surface area contributed by atoms with Crippen LogP contribution in [0.2, 0.25) is 0 Å². The molecule has 0 bridgehead atoms. The van der Waals surface area contributed by atoms with Gasteiger partial charge in [0.1, 0.15) is 0 Å². The number of carbonyl (C=O) groups excluding carboxylic acids is 1. The second kappa shape index (κ2) is 4.43. The summed E-state index contributed by atoms with van der Waals surface area (Å²) in [5, 5.41) is 8.46. The van der Waals surface area contributed by atoms with Gasteiger partial charge in [-0.3, -0.25) is 0 Å². The van der Waals surface area contributed by atoms with Gasteiger partial charge in [-0.1, -0.05) is 0 Å². The molecule has 6 nitrogen and oxygen atoms in total. The first-order valence-electron chi connectivity index (χ1n) is 1.82. The average Bonchev–Trinajstić information content (AvgIpc) is 1.63. The van der Waals surface area contributed by atoms with Gasteiger partial charge in [-0.25, -0.2) is 0 Å². The Morgan fingerprint density at radius 3 is 2.67 bits per heavy atom. The van der Waals surface area contributed by atoms with Crippen LogP contribution in [0.15, 0.2) is 0 Å². The van der Waals surface area contributed by atoms with Crippen LogP contribution >= 0.6 is 0 Å². The van der Waals surface area contributed by atoms with E-state index in [1.165, 1.54) is 6.92 Å². The molecule has 0 aliphatic rings. The Morgan fingerprint density at radius 2 is 2.33 bits per heavy atom. The first-order valence-corrected chi connectivity index (χ1v) is 4.66. The van der Waals surface area contributed by atoms with Crippen molar-refractivity contribution >= 4 is 30.1 Å². The van der Waals surface area contributed by atoms with Crippen LogP contribution in [0.3, 0.4) is 0 Å². The number of rotatable bonds is 3. The predicted octanol–water partition coefficient (Wildman–Crippen LogP) is -0.708. The van der Waals surface area contributed by atoms with Crippen molar-refractivity contribution in [2.24, 2.45) is 0 Å². The molecule has 0 spiro atoms. The molecular weight excluding hydrogens is 327 g/mol. The van der Waals surface area contributed by atoms with E-state index in [0.717, 1.165) is 0 Å². The second-order valence-electron chi connectivity index (χ2n) is 0.963. The molecule has 0 aliphatic heterocycles. The summed E-state index contributed by atoms with van der Waals surface area (Å²) in [6.45, 7) is 1.17. The molecule has 51 valence electrons. The van der Waals surface area contributed by atoms with Gasteiger partial charge in [-0.15, -0.1) is 0 Å². The third kappa shape index (κ3) is 7.55. The van der Waals surface area contributed by atoms with E-state index in [1.54, 1.807) is 0 Å². The fraction of sp³-hybridized carbons (Fsp3) is 0.500. The van der Waals surface area contributed by atoms with Gasteiger partial charge in [0.15, 0.2) is 0 Å². The quantitative estimate of drug-likeness (QED) is 0.388. The molecule has 0 unspecified atom stereocenters.